The van der Waals surface area contributed by atoms with E-state index in [4.69, 9.17) is 20.7 Å². The van der Waals surface area contributed by atoms with Crippen LogP contribution in [0, 0.1) is 0 Å². The Kier molecular flexibility index (Phi) is 4.08. The van der Waals surface area contributed by atoms with Crippen molar-refractivity contribution in [2.75, 3.05) is 13.2 Å². The molecule has 0 saturated heterocycles. The number of ether oxygens (including phenoxy) is 1. The van der Waals surface area contributed by atoms with Crippen LogP contribution in [-0.4, -0.2) is 29.0 Å². The molecule has 0 aliphatic carbocycles. The van der Waals surface area contributed by atoms with E-state index in [9.17, 15) is 0 Å². The highest BCUT2D eigenvalue weighted by atomic mass is 16.5. The highest BCUT2D eigenvalue weighted by Gasteiger charge is 2.18. The van der Waals surface area contributed by atoms with Crippen LogP contribution in [-0.2, 0) is 6.61 Å². The van der Waals surface area contributed by atoms with E-state index in [0.29, 0.717) is 11.3 Å². The molecule has 0 saturated carbocycles. The van der Waals surface area contributed by atoms with Crippen LogP contribution in [0.4, 0.5) is 0 Å². The predicted molar refractivity (Wildman–Crippen MR) is 57.5 cm³/mol. The van der Waals surface area contributed by atoms with Gasteiger partial charge in [0, 0.05) is 5.56 Å². The van der Waals surface area contributed by atoms with Crippen molar-refractivity contribution in [1.29, 1.82) is 0 Å². The van der Waals surface area contributed by atoms with Crippen molar-refractivity contribution in [3.63, 3.8) is 0 Å². The Labute approximate surface area is 89.3 Å². The fourth-order valence-electron chi connectivity index (χ4n) is 1.06. The molecular formula is C11H17NO3. The Morgan fingerprint density at radius 3 is 2.60 bits per heavy atom. The zero-order valence-electron chi connectivity index (χ0n) is 8.81. The zero-order chi connectivity index (χ0) is 11.3. The van der Waals surface area contributed by atoms with Gasteiger partial charge in [0.05, 0.1) is 18.8 Å². The molecule has 1 atom stereocenters. The largest absolute Gasteiger partial charge is 0.491 e. The summed E-state index contributed by atoms with van der Waals surface area (Å²) < 4.78 is 5.44. The SMILES string of the molecule is CC(N)(CO)COc1ccccc1CO. The summed E-state index contributed by atoms with van der Waals surface area (Å²) in [6, 6.07) is 7.19. The normalized spacial score (nSPS) is 14.7. The molecule has 0 aromatic heterocycles. The summed E-state index contributed by atoms with van der Waals surface area (Å²) >= 11 is 0. The van der Waals surface area contributed by atoms with Gasteiger partial charge in [-0.2, -0.15) is 0 Å². The number of aliphatic hydroxyl groups is 2. The third kappa shape index (κ3) is 3.51. The van der Waals surface area contributed by atoms with Crippen molar-refractivity contribution < 1.29 is 14.9 Å². The molecule has 4 N–H and O–H groups in total. The lowest BCUT2D eigenvalue weighted by Gasteiger charge is -2.22. The molecule has 1 aromatic rings. The highest BCUT2D eigenvalue weighted by Crippen LogP contribution is 2.18. The molecule has 4 nitrogen and oxygen atoms in total. The minimum absolute atomic E-state index is 0.0728. The monoisotopic (exact) mass is 211 g/mol. The van der Waals surface area contributed by atoms with Gasteiger partial charge in [-0.15, -0.1) is 0 Å². The van der Waals surface area contributed by atoms with Crippen LogP contribution >= 0.6 is 0 Å². The molecule has 0 fully saturated rings. The Morgan fingerprint density at radius 1 is 1.33 bits per heavy atom. The highest BCUT2D eigenvalue weighted by molar-refractivity contribution is 5.32. The summed E-state index contributed by atoms with van der Waals surface area (Å²) in [5.74, 6) is 0.602. The van der Waals surface area contributed by atoms with Crippen LogP contribution in [0.5, 0.6) is 5.75 Å². The first kappa shape index (κ1) is 12.0. The zero-order valence-corrected chi connectivity index (χ0v) is 8.81. The number of rotatable bonds is 5. The van der Waals surface area contributed by atoms with Crippen LogP contribution in [0.3, 0.4) is 0 Å². The fourth-order valence-corrected chi connectivity index (χ4v) is 1.06. The summed E-state index contributed by atoms with van der Waals surface area (Å²) in [7, 11) is 0. The molecule has 0 radical (unpaired) electrons. The molecule has 0 spiro atoms. The van der Waals surface area contributed by atoms with E-state index >= 15 is 0 Å². The van der Waals surface area contributed by atoms with Gasteiger partial charge in [0.1, 0.15) is 12.4 Å². The summed E-state index contributed by atoms with van der Waals surface area (Å²) in [5.41, 5.74) is 5.67. The lowest BCUT2D eigenvalue weighted by Crippen LogP contribution is -2.46. The standard InChI is InChI=1S/C11H17NO3/c1-11(12,7-14)8-15-10-5-3-2-4-9(10)6-13/h2-5,13-14H,6-8,12H2,1H3. The Hall–Kier alpha value is -1.10. The maximum atomic E-state index is 9.04. The first-order valence-electron chi connectivity index (χ1n) is 4.80. The first-order chi connectivity index (χ1) is 7.09. The van der Waals surface area contributed by atoms with Gasteiger partial charge in [0.25, 0.3) is 0 Å². The van der Waals surface area contributed by atoms with Crippen LogP contribution < -0.4 is 10.5 Å². The first-order valence-corrected chi connectivity index (χ1v) is 4.80. The second-order valence-corrected chi connectivity index (χ2v) is 3.87. The van der Waals surface area contributed by atoms with E-state index in [1.165, 1.54) is 0 Å². The second kappa shape index (κ2) is 5.11. The molecule has 15 heavy (non-hydrogen) atoms. The molecule has 84 valence electrons. The van der Waals surface area contributed by atoms with E-state index in [1.807, 2.05) is 12.1 Å². The molecule has 4 heteroatoms. The average Bonchev–Trinajstić information content (AvgIpc) is 2.27. The topological polar surface area (TPSA) is 75.7 Å². The number of hydrogen-bond donors (Lipinski definition) is 3. The van der Waals surface area contributed by atoms with Crippen LogP contribution in [0.1, 0.15) is 12.5 Å². The maximum Gasteiger partial charge on any atom is 0.124 e. The smallest absolute Gasteiger partial charge is 0.124 e. The number of hydrogen-bond acceptors (Lipinski definition) is 4. The minimum atomic E-state index is -0.761. The van der Waals surface area contributed by atoms with Crippen molar-refractivity contribution in [1.82, 2.24) is 0 Å². The third-order valence-corrected chi connectivity index (χ3v) is 2.06. The van der Waals surface area contributed by atoms with E-state index in [0.717, 1.165) is 0 Å². The fraction of sp³-hybridized carbons (Fsp3) is 0.455. The van der Waals surface area contributed by atoms with Gasteiger partial charge in [-0.3, -0.25) is 0 Å². The van der Waals surface area contributed by atoms with Crippen LogP contribution in [0.2, 0.25) is 0 Å². The summed E-state index contributed by atoms with van der Waals surface area (Å²) in [6.45, 7) is 1.69. The summed E-state index contributed by atoms with van der Waals surface area (Å²) in [5, 5.41) is 18.0. The van der Waals surface area contributed by atoms with Crippen LogP contribution in [0.15, 0.2) is 24.3 Å². The van der Waals surface area contributed by atoms with Gasteiger partial charge in [-0.25, -0.2) is 0 Å². The van der Waals surface area contributed by atoms with E-state index in [-0.39, 0.29) is 19.8 Å². The minimum Gasteiger partial charge on any atom is -0.491 e. The molecule has 0 heterocycles. The molecule has 0 amide bonds. The average molecular weight is 211 g/mol. The molecular weight excluding hydrogens is 194 g/mol. The Morgan fingerprint density at radius 2 is 2.00 bits per heavy atom. The molecule has 0 bridgehead atoms. The maximum absolute atomic E-state index is 9.04. The quantitative estimate of drug-likeness (QED) is 0.653. The number of nitrogens with two attached hydrogens (primary N) is 1. The summed E-state index contributed by atoms with van der Waals surface area (Å²) in [4.78, 5) is 0. The molecule has 0 aliphatic heterocycles. The van der Waals surface area contributed by atoms with Gasteiger partial charge >= 0.3 is 0 Å². The number of aliphatic hydroxyl groups excluding tert-OH is 2. The van der Waals surface area contributed by atoms with E-state index in [2.05, 4.69) is 0 Å². The predicted octanol–water partition coefficient (Wildman–Crippen LogP) is 0.267. The van der Waals surface area contributed by atoms with Gasteiger partial charge in [-0.1, -0.05) is 18.2 Å². The lowest BCUT2D eigenvalue weighted by molar-refractivity contribution is 0.144. The van der Waals surface area contributed by atoms with Gasteiger partial charge in [0.2, 0.25) is 0 Å². The molecule has 0 aliphatic rings. The van der Waals surface area contributed by atoms with Gasteiger partial charge in [0.15, 0.2) is 0 Å². The number of para-hydroxylation sites is 1. The summed E-state index contributed by atoms with van der Waals surface area (Å²) in [6.07, 6.45) is 0. The molecule has 1 aromatic carbocycles. The molecule has 1 unspecified atom stereocenters. The van der Waals surface area contributed by atoms with E-state index in [1.54, 1.807) is 19.1 Å². The number of benzene rings is 1. The lowest BCUT2D eigenvalue weighted by atomic mass is 10.1. The molecule has 1 rings (SSSR count). The van der Waals surface area contributed by atoms with Crippen molar-refractivity contribution >= 4 is 0 Å². The Bertz CT molecular complexity index is 312. The Balaban J connectivity index is 2.65. The van der Waals surface area contributed by atoms with Crippen molar-refractivity contribution in [2.45, 2.75) is 19.1 Å². The van der Waals surface area contributed by atoms with E-state index < -0.39 is 5.54 Å². The third-order valence-electron chi connectivity index (χ3n) is 2.06. The second-order valence-electron chi connectivity index (χ2n) is 3.87. The van der Waals surface area contributed by atoms with Gasteiger partial charge in [-0.05, 0) is 13.0 Å². The van der Waals surface area contributed by atoms with Crippen molar-refractivity contribution in [2.24, 2.45) is 5.73 Å². The van der Waals surface area contributed by atoms with Gasteiger partial charge < -0.3 is 20.7 Å². The van der Waals surface area contributed by atoms with Crippen molar-refractivity contribution in [3.05, 3.63) is 29.8 Å². The van der Waals surface area contributed by atoms with Crippen molar-refractivity contribution in [3.8, 4) is 5.75 Å². The van der Waals surface area contributed by atoms with Crippen LogP contribution in [0.25, 0.3) is 0 Å².